The molecule has 0 bridgehead atoms. The summed E-state index contributed by atoms with van der Waals surface area (Å²) in [6.45, 7) is 2.39. The number of pyridine rings is 1. The van der Waals surface area contributed by atoms with E-state index < -0.39 is 11.7 Å². The fraction of sp³-hybridized carbons (Fsp3) is 0.345. The molecule has 2 atom stereocenters. The van der Waals surface area contributed by atoms with Crippen molar-refractivity contribution in [2.24, 2.45) is 0 Å². The normalized spacial score (nSPS) is 18.3. The lowest BCUT2D eigenvalue weighted by Gasteiger charge is -2.43. The van der Waals surface area contributed by atoms with Gasteiger partial charge < -0.3 is 19.6 Å². The Balaban J connectivity index is 1.50. The topological polar surface area (TPSA) is 83.0 Å². The number of nitrogens with zero attached hydrogens (tertiary/aromatic N) is 3. The van der Waals surface area contributed by atoms with Crippen LogP contribution in [0.25, 0.3) is 11.1 Å². The van der Waals surface area contributed by atoms with Crippen molar-refractivity contribution in [3.05, 3.63) is 89.5 Å². The van der Waals surface area contributed by atoms with Crippen molar-refractivity contribution in [1.29, 1.82) is 0 Å². The van der Waals surface area contributed by atoms with Crippen LogP contribution in [0.4, 0.5) is 9.18 Å². The minimum atomic E-state index is -0.893. The molecule has 4 rings (SSSR count). The van der Waals surface area contributed by atoms with Crippen LogP contribution in [0.1, 0.15) is 53.7 Å². The van der Waals surface area contributed by atoms with Gasteiger partial charge >= 0.3 is 6.09 Å². The van der Waals surface area contributed by atoms with E-state index >= 15 is 0 Å². The Morgan fingerprint density at radius 3 is 2.46 bits per heavy atom. The Morgan fingerprint density at radius 2 is 1.84 bits per heavy atom. The summed E-state index contributed by atoms with van der Waals surface area (Å²) in [6.07, 6.45) is 4.29. The quantitative estimate of drug-likeness (QED) is 0.457. The van der Waals surface area contributed by atoms with Crippen LogP contribution in [0.15, 0.2) is 67.0 Å². The highest BCUT2D eigenvalue weighted by Gasteiger charge is 2.43. The first-order chi connectivity index (χ1) is 17.7. The number of benzene rings is 2. The molecule has 0 radical (unpaired) electrons. The van der Waals surface area contributed by atoms with Crippen LogP contribution in [-0.4, -0.2) is 59.1 Å². The first kappa shape index (κ1) is 26.3. The number of hydrogen-bond donors (Lipinski definition) is 1. The van der Waals surface area contributed by atoms with Crippen LogP contribution < -0.4 is 0 Å². The van der Waals surface area contributed by atoms with Crippen molar-refractivity contribution in [3.8, 4) is 11.1 Å². The number of hydrogen-bond acceptors (Lipinski definition) is 5. The van der Waals surface area contributed by atoms with E-state index in [0.717, 1.165) is 22.3 Å². The fourth-order valence-electron chi connectivity index (χ4n) is 4.77. The number of amides is 2. The van der Waals surface area contributed by atoms with E-state index in [1.807, 2.05) is 37.3 Å². The molecule has 1 aromatic heterocycles. The predicted octanol–water partition coefficient (Wildman–Crippen LogP) is 5.16. The monoisotopic (exact) mass is 505 g/mol. The molecule has 1 unspecified atom stereocenters. The van der Waals surface area contributed by atoms with Crippen molar-refractivity contribution in [1.82, 2.24) is 14.8 Å². The third-order valence-corrected chi connectivity index (χ3v) is 6.97. The molecule has 0 aliphatic carbocycles. The SMILES string of the molecule is CC(c1ccc(-c2cncc(C(=O)N(C)C)c2)cc1)N1CC[C@](CCCO)(c2ccc(F)cc2)OC1=O. The van der Waals surface area contributed by atoms with Crippen LogP contribution in [0.2, 0.25) is 0 Å². The number of halogens is 1. The van der Waals surface area contributed by atoms with E-state index in [2.05, 4.69) is 4.98 Å². The van der Waals surface area contributed by atoms with Gasteiger partial charge in [0, 0.05) is 51.6 Å². The second kappa shape index (κ2) is 11.1. The first-order valence-electron chi connectivity index (χ1n) is 12.4. The summed E-state index contributed by atoms with van der Waals surface area (Å²) in [5, 5.41) is 9.39. The van der Waals surface area contributed by atoms with Crippen LogP contribution in [0, 0.1) is 5.82 Å². The molecule has 1 N–H and O–H groups in total. The van der Waals surface area contributed by atoms with Crippen molar-refractivity contribution >= 4 is 12.0 Å². The van der Waals surface area contributed by atoms with Crippen LogP contribution in [0.5, 0.6) is 0 Å². The van der Waals surface area contributed by atoms with E-state index in [9.17, 15) is 19.1 Å². The zero-order valence-electron chi connectivity index (χ0n) is 21.4. The fourth-order valence-corrected chi connectivity index (χ4v) is 4.77. The van der Waals surface area contributed by atoms with E-state index in [0.29, 0.717) is 31.4 Å². The molecule has 3 aromatic rings. The number of ether oxygens (including phenoxy) is 1. The Bertz CT molecular complexity index is 1250. The van der Waals surface area contributed by atoms with Gasteiger partial charge in [-0.15, -0.1) is 0 Å². The number of cyclic esters (lactones) is 1. The first-order valence-corrected chi connectivity index (χ1v) is 12.4. The molecule has 1 aliphatic rings. The lowest BCUT2D eigenvalue weighted by atomic mass is 9.84. The molecule has 2 heterocycles. The van der Waals surface area contributed by atoms with Gasteiger partial charge in [0.05, 0.1) is 11.6 Å². The summed E-state index contributed by atoms with van der Waals surface area (Å²) in [5.74, 6) is -0.465. The van der Waals surface area contributed by atoms with E-state index in [1.54, 1.807) is 43.5 Å². The molecule has 8 heteroatoms. The number of aliphatic hydroxyl groups is 1. The third kappa shape index (κ3) is 5.64. The van der Waals surface area contributed by atoms with Crippen LogP contribution >= 0.6 is 0 Å². The standard InChI is InChI=1S/C29H32FN3O4/c1-20(21-5-7-22(8-6-21)23-17-24(19-31-18-23)27(35)32(2)3)33-15-14-29(13-4-16-34,37-28(33)36)25-9-11-26(30)12-10-25/h5-12,17-20,34H,4,13-16H2,1-3H3/t20?,29-/m1/s1. The van der Waals surface area contributed by atoms with Gasteiger partial charge in [-0.2, -0.15) is 0 Å². The zero-order chi connectivity index (χ0) is 26.6. The number of aromatic nitrogens is 1. The van der Waals surface area contributed by atoms with Gasteiger partial charge in [-0.3, -0.25) is 9.78 Å². The number of aliphatic hydroxyl groups excluding tert-OH is 1. The van der Waals surface area contributed by atoms with Gasteiger partial charge in [-0.1, -0.05) is 36.4 Å². The van der Waals surface area contributed by atoms with E-state index in [1.165, 1.54) is 17.0 Å². The number of carbonyl (C=O) groups is 2. The zero-order valence-corrected chi connectivity index (χ0v) is 21.4. The highest BCUT2D eigenvalue weighted by atomic mass is 19.1. The Morgan fingerprint density at radius 1 is 1.14 bits per heavy atom. The van der Waals surface area contributed by atoms with Crippen molar-refractivity contribution in [3.63, 3.8) is 0 Å². The average Bonchev–Trinajstić information content (AvgIpc) is 2.91. The molecule has 7 nitrogen and oxygen atoms in total. The molecular formula is C29H32FN3O4. The molecule has 0 saturated carbocycles. The Hall–Kier alpha value is -3.78. The maximum Gasteiger partial charge on any atom is 0.411 e. The van der Waals surface area contributed by atoms with Gasteiger partial charge in [0.25, 0.3) is 5.91 Å². The molecule has 1 fully saturated rings. The van der Waals surface area contributed by atoms with Crippen LogP contribution in [-0.2, 0) is 10.3 Å². The minimum Gasteiger partial charge on any atom is -0.438 e. The molecular weight excluding hydrogens is 473 g/mol. The Labute approximate surface area is 216 Å². The average molecular weight is 506 g/mol. The second-order valence-electron chi connectivity index (χ2n) is 9.60. The highest BCUT2D eigenvalue weighted by molar-refractivity contribution is 5.94. The molecule has 0 spiro atoms. The van der Waals surface area contributed by atoms with Gasteiger partial charge in [0.1, 0.15) is 11.4 Å². The predicted molar refractivity (Wildman–Crippen MR) is 138 cm³/mol. The smallest absolute Gasteiger partial charge is 0.411 e. The molecule has 1 aliphatic heterocycles. The molecule has 1 saturated heterocycles. The second-order valence-corrected chi connectivity index (χ2v) is 9.60. The Kier molecular flexibility index (Phi) is 7.88. The molecule has 194 valence electrons. The summed E-state index contributed by atoms with van der Waals surface area (Å²) in [6, 6.07) is 15.4. The van der Waals surface area contributed by atoms with E-state index in [4.69, 9.17) is 4.74 Å². The summed E-state index contributed by atoms with van der Waals surface area (Å²) in [5.41, 5.74) is 3.04. The molecule has 2 amide bonds. The maximum absolute atomic E-state index is 13.5. The summed E-state index contributed by atoms with van der Waals surface area (Å²) >= 11 is 0. The van der Waals surface area contributed by atoms with Crippen molar-refractivity contribution in [2.45, 2.75) is 37.8 Å². The summed E-state index contributed by atoms with van der Waals surface area (Å²) in [4.78, 5) is 32.9. The van der Waals surface area contributed by atoms with Gasteiger partial charge in [-0.25, -0.2) is 9.18 Å². The van der Waals surface area contributed by atoms with Crippen molar-refractivity contribution < 1.29 is 23.8 Å². The number of rotatable bonds is 8. The third-order valence-electron chi connectivity index (χ3n) is 6.97. The lowest BCUT2D eigenvalue weighted by Crippen LogP contribution is -2.48. The highest BCUT2D eigenvalue weighted by Crippen LogP contribution is 2.40. The van der Waals surface area contributed by atoms with E-state index in [-0.39, 0.29) is 24.4 Å². The molecule has 37 heavy (non-hydrogen) atoms. The van der Waals surface area contributed by atoms with Crippen molar-refractivity contribution in [2.75, 3.05) is 27.2 Å². The number of carbonyl (C=O) groups excluding carboxylic acids is 2. The maximum atomic E-state index is 13.5. The van der Waals surface area contributed by atoms with Gasteiger partial charge in [0.15, 0.2) is 0 Å². The van der Waals surface area contributed by atoms with Gasteiger partial charge in [0.2, 0.25) is 0 Å². The lowest BCUT2D eigenvalue weighted by molar-refractivity contribution is -0.0680. The van der Waals surface area contributed by atoms with Gasteiger partial charge in [-0.05, 0) is 54.7 Å². The largest absolute Gasteiger partial charge is 0.438 e. The molecule has 2 aromatic carbocycles. The van der Waals surface area contributed by atoms with Crippen LogP contribution in [0.3, 0.4) is 0 Å². The minimum absolute atomic E-state index is 0.0192. The summed E-state index contributed by atoms with van der Waals surface area (Å²) in [7, 11) is 3.40. The summed E-state index contributed by atoms with van der Waals surface area (Å²) < 4.78 is 19.5.